The summed E-state index contributed by atoms with van der Waals surface area (Å²) in [6.45, 7) is 5.24. The van der Waals surface area contributed by atoms with E-state index in [4.69, 9.17) is 0 Å². The van der Waals surface area contributed by atoms with E-state index in [9.17, 15) is 18.5 Å². The molecule has 2 rings (SSSR count). The Morgan fingerprint density at radius 3 is 2.17 bits per heavy atom. The zero-order chi connectivity index (χ0) is 17.0. The van der Waals surface area contributed by atoms with Gasteiger partial charge in [-0.25, -0.2) is 8.42 Å². The Labute approximate surface area is 135 Å². The first-order valence-electron chi connectivity index (χ1n) is 7.25. The van der Waals surface area contributed by atoms with Gasteiger partial charge in [0.2, 0.25) is 9.84 Å². The van der Waals surface area contributed by atoms with Crippen LogP contribution < -0.4 is 4.90 Å². The minimum atomic E-state index is -3.96. The number of nitrogens with zero attached hydrogens (tertiary/aromatic N) is 2. The van der Waals surface area contributed by atoms with Crippen LogP contribution >= 0.6 is 0 Å². The zero-order valence-corrected chi connectivity index (χ0v) is 13.8. The maximum atomic E-state index is 12.8. The van der Waals surface area contributed by atoms with Crippen LogP contribution in [0.4, 0.5) is 11.4 Å². The molecule has 23 heavy (non-hydrogen) atoms. The molecule has 0 N–H and O–H groups in total. The van der Waals surface area contributed by atoms with Crippen LogP contribution in [0.5, 0.6) is 0 Å². The van der Waals surface area contributed by atoms with Crippen molar-refractivity contribution >= 4 is 21.2 Å². The van der Waals surface area contributed by atoms with Crippen molar-refractivity contribution in [3.05, 3.63) is 58.6 Å². The van der Waals surface area contributed by atoms with Gasteiger partial charge < -0.3 is 4.90 Å². The van der Waals surface area contributed by atoms with E-state index in [1.165, 1.54) is 24.3 Å². The highest BCUT2D eigenvalue weighted by Gasteiger charge is 2.28. The summed E-state index contributed by atoms with van der Waals surface area (Å²) in [6.07, 6.45) is 0. The summed E-state index contributed by atoms with van der Waals surface area (Å²) in [5.41, 5.74) is 0.236. The molecule has 0 fully saturated rings. The molecule has 7 heteroatoms. The molecule has 6 nitrogen and oxygen atoms in total. The Hall–Kier alpha value is -2.41. The molecule has 0 saturated heterocycles. The smallest absolute Gasteiger partial charge is 0.288 e. The molecule has 0 unspecified atom stereocenters. The van der Waals surface area contributed by atoms with Gasteiger partial charge in [-0.05, 0) is 38.1 Å². The first kappa shape index (κ1) is 17.0. The van der Waals surface area contributed by atoms with Crippen LogP contribution in [0.1, 0.15) is 13.8 Å². The number of nitro benzene ring substituents is 1. The highest BCUT2D eigenvalue weighted by atomic mass is 32.2. The standard InChI is InChI=1S/C16H18N2O4S/c1-3-17(4-2)13-10-11-15(18(19)20)16(12-13)23(21,22)14-8-6-5-7-9-14/h5-12H,3-4H2,1-2H3. The summed E-state index contributed by atoms with van der Waals surface area (Å²) in [6, 6.07) is 12.0. The molecular formula is C16H18N2O4S. The highest BCUT2D eigenvalue weighted by Crippen LogP contribution is 2.32. The molecule has 2 aromatic carbocycles. The Balaban J connectivity index is 2.68. The van der Waals surface area contributed by atoms with Gasteiger partial charge in [0.1, 0.15) is 0 Å². The second-order valence-corrected chi connectivity index (χ2v) is 6.82. The van der Waals surface area contributed by atoms with Gasteiger partial charge in [0.05, 0.1) is 9.82 Å². The van der Waals surface area contributed by atoms with Crippen LogP contribution in [0, 0.1) is 10.1 Å². The van der Waals surface area contributed by atoms with Crippen molar-refractivity contribution in [3.63, 3.8) is 0 Å². The van der Waals surface area contributed by atoms with Crippen LogP contribution in [0.3, 0.4) is 0 Å². The number of sulfone groups is 1. The molecule has 0 aliphatic rings. The van der Waals surface area contributed by atoms with E-state index in [0.29, 0.717) is 18.8 Å². The number of nitro groups is 1. The lowest BCUT2D eigenvalue weighted by molar-refractivity contribution is -0.387. The lowest BCUT2D eigenvalue weighted by Gasteiger charge is -2.21. The minimum Gasteiger partial charge on any atom is -0.372 e. The van der Waals surface area contributed by atoms with Gasteiger partial charge in [-0.2, -0.15) is 0 Å². The normalized spacial score (nSPS) is 11.2. The van der Waals surface area contributed by atoms with Gasteiger partial charge in [0.15, 0.2) is 4.90 Å². The fraction of sp³-hybridized carbons (Fsp3) is 0.250. The van der Waals surface area contributed by atoms with E-state index >= 15 is 0 Å². The van der Waals surface area contributed by atoms with Crippen molar-refractivity contribution in [2.75, 3.05) is 18.0 Å². The summed E-state index contributed by atoms with van der Waals surface area (Å²) in [5, 5.41) is 11.2. The summed E-state index contributed by atoms with van der Waals surface area (Å²) < 4.78 is 25.6. The summed E-state index contributed by atoms with van der Waals surface area (Å²) in [5.74, 6) is 0. The molecule has 0 aliphatic heterocycles. The molecule has 122 valence electrons. The topological polar surface area (TPSA) is 80.5 Å². The number of hydrogen-bond donors (Lipinski definition) is 0. The lowest BCUT2D eigenvalue weighted by atomic mass is 10.2. The third kappa shape index (κ3) is 3.34. The average Bonchev–Trinajstić information content (AvgIpc) is 2.56. The van der Waals surface area contributed by atoms with Gasteiger partial charge >= 0.3 is 0 Å². The molecule has 0 aromatic heterocycles. The predicted molar refractivity (Wildman–Crippen MR) is 88.6 cm³/mol. The molecule has 2 aromatic rings. The third-order valence-corrected chi connectivity index (χ3v) is 5.41. The van der Waals surface area contributed by atoms with Gasteiger partial charge in [0.25, 0.3) is 5.69 Å². The van der Waals surface area contributed by atoms with E-state index < -0.39 is 20.4 Å². The molecule has 0 saturated carbocycles. The van der Waals surface area contributed by atoms with Crippen molar-refractivity contribution in [1.82, 2.24) is 0 Å². The largest absolute Gasteiger partial charge is 0.372 e. The van der Waals surface area contributed by atoms with Crippen molar-refractivity contribution in [1.29, 1.82) is 0 Å². The molecule has 0 amide bonds. The number of rotatable bonds is 6. The fourth-order valence-electron chi connectivity index (χ4n) is 2.38. The third-order valence-electron chi connectivity index (χ3n) is 3.61. The van der Waals surface area contributed by atoms with Crippen molar-refractivity contribution in [2.24, 2.45) is 0 Å². The number of anilines is 1. The van der Waals surface area contributed by atoms with E-state index in [0.717, 1.165) is 0 Å². The molecule has 0 aliphatic carbocycles. The summed E-state index contributed by atoms with van der Waals surface area (Å²) in [4.78, 5) is 12.3. The van der Waals surface area contributed by atoms with E-state index in [2.05, 4.69) is 0 Å². The zero-order valence-electron chi connectivity index (χ0n) is 13.0. The first-order valence-corrected chi connectivity index (χ1v) is 8.73. The Kier molecular flexibility index (Phi) is 5.00. The van der Waals surface area contributed by atoms with Crippen LogP contribution in [0.2, 0.25) is 0 Å². The SMILES string of the molecule is CCN(CC)c1ccc([N+](=O)[O-])c(S(=O)(=O)c2ccccc2)c1. The van der Waals surface area contributed by atoms with E-state index in [-0.39, 0.29) is 9.79 Å². The maximum Gasteiger partial charge on any atom is 0.288 e. The second-order valence-electron chi connectivity index (χ2n) is 4.90. The van der Waals surface area contributed by atoms with Gasteiger partial charge in [-0.1, -0.05) is 18.2 Å². The van der Waals surface area contributed by atoms with Crippen LogP contribution in [-0.4, -0.2) is 26.4 Å². The molecular weight excluding hydrogens is 316 g/mol. The molecule has 0 bridgehead atoms. The highest BCUT2D eigenvalue weighted by molar-refractivity contribution is 7.91. The summed E-state index contributed by atoms with van der Waals surface area (Å²) >= 11 is 0. The van der Waals surface area contributed by atoms with Crippen molar-refractivity contribution in [2.45, 2.75) is 23.6 Å². The Bertz CT molecular complexity index is 800. The molecule has 0 atom stereocenters. The first-order chi connectivity index (χ1) is 10.9. The second kappa shape index (κ2) is 6.78. The van der Waals surface area contributed by atoms with Crippen LogP contribution in [0.15, 0.2) is 58.3 Å². The monoisotopic (exact) mass is 334 g/mol. The van der Waals surface area contributed by atoms with Gasteiger partial charge in [0, 0.05) is 24.8 Å². The quantitative estimate of drug-likeness (QED) is 0.598. The lowest BCUT2D eigenvalue weighted by Crippen LogP contribution is -2.22. The van der Waals surface area contributed by atoms with Gasteiger partial charge in [-0.3, -0.25) is 10.1 Å². The number of hydrogen-bond acceptors (Lipinski definition) is 5. The molecule has 0 heterocycles. The van der Waals surface area contributed by atoms with Gasteiger partial charge in [-0.15, -0.1) is 0 Å². The number of benzene rings is 2. The van der Waals surface area contributed by atoms with E-state index in [1.807, 2.05) is 18.7 Å². The fourth-order valence-corrected chi connectivity index (χ4v) is 3.84. The minimum absolute atomic E-state index is 0.0415. The maximum absolute atomic E-state index is 12.8. The van der Waals surface area contributed by atoms with Crippen molar-refractivity contribution in [3.8, 4) is 0 Å². The average molecular weight is 334 g/mol. The van der Waals surface area contributed by atoms with Crippen molar-refractivity contribution < 1.29 is 13.3 Å². The van der Waals surface area contributed by atoms with Crippen LogP contribution in [-0.2, 0) is 9.84 Å². The Morgan fingerprint density at radius 2 is 1.65 bits per heavy atom. The summed E-state index contributed by atoms with van der Waals surface area (Å²) in [7, 11) is -3.96. The predicted octanol–water partition coefficient (Wildman–Crippen LogP) is 3.27. The van der Waals surface area contributed by atoms with Crippen LogP contribution in [0.25, 0.3) is 0 Å². The molecule has 0 radical (unpaired) electrons. The Morgan fingerprint density at radius 1 is 1.04 bits per heavy atom. The molecule has 0 spiro atoms. The van der Waals surface area contributed by atoms with E-state index in [1.54, 1.807) is 24.3 Å².